The molecule has 0 N–H and O–H groups in total. The average molecular weight is 247 g/mol. The lowest BCUT2D eigenvalue weighted by atomic mass is 9.54. The van der Waals surface area contributed by atoms with Gasteiger partial charge in [-0.25, -0.2) is 0 Å². The molecule has 1 fully saturated rings. The molecule has 0 amide bonds. The molecule has 0 aromatic heterocycles. The first-order chi connectivity index (χ1) is 5.96. The molecule has 1 aliphatic carbocycles. The molecule has 1 heteroatoms. The van der Waals surface area contributed by atoms with Gasteiger partial charge in [-0.05, 0) is 29.6 Å². The minimum atomic E-state index is 0.458. The van der Waals surface area contributed by atoms with E-state index in [1.807, 2.05) is 0 Å². The fourth-order valence-electron chi connectivity index (χ4n) is 2.89. The summed E-state index contributed by atoms with van der Waals surface area (Å²) >= 11 is 3.70. The molecule has 13 heavy (non-hydrogen) atoms. The minimum Gasteiger partial charge on any atom is -0.0925 e. The number of halogens is 1. The van der Waals surface area contributed by atoms with Crippen LogP contribution in [0, 0.1) is 16.7 Å². The van der Waals surface area contributed by atoms with Crippen molar-refractivity contribution in [1.29, 1.82) is 0 Å². The molecule has 1 rings (SSSR count). The van der Waals surface area contributed by atoms with Crippen molar-refractivity contribution in [3.8, 4) is 0 Å². The number of alkyl halides is 1. The summed E-state index contributed by atoms with van der Waals surface area (Å²) in [5, 5.41) is 1.17. The Hall–Kier alpha value is 0.480. The average Bonchev–Trinajstić information content (AvgIpc) is 1.93. The monoisotopic (exact) mass is 246 g/mol. The van der Waals surface area contributed by atoms with Crippen LogP contribution in [0.15, 0.2) is 0 Å². The number of hydrogen-bond acceptors (Lipinski definition) is 0. The fourth-order valence-corrected chi connectivity index (χ4v) is 4.55. The van der Waals surface area contributed by atoms with E-state index in [1.165, 1.54) is 31.0 Å². The van der Waals surface area contributed by atoms with Gasteiger partial charge in [0.15, 0.2) is 0 Å². The van der Waals surface area contributed by atoms with E-state index in [4.69, 9.17) is 0 Å². The molecular formula is C12H23Br. The van der Waals surface area contributed by atoms with Crippen molar-refractivity contribution in [3.05, 3.63) is 0 Å². The highest BCUT2D eigenvalue weighted by Crippen LogP contribution is 2.55. The van der Waals surface area contributed by atoms with Crippen LogP contribution in [0.25, 0.3) is 0 Å². The second-order valence-electron chi connectivity index (χ2n) is 5.64. The molecule has 0 spiro atoms. The summed E-state index contributed by atoms with van der Waals surface area (Å²) in [6.07, 6.45) is 5.72. The van der Waals surface area contributed by atoms with Crippen LogP contribution in [0.2, 0.25) is 0 Å². The maximum Gasteiger partial charge on any atom is 0.00699 e. The van der Waals surface area contributed by atoms with Crippen LogP contribution >= 0.6 is 15.9 Å². The summed E-state index contributed by atoms with van der Waals surface area (Å²) in [5.74, 6) is 0.846. The molecule has 0 aromatic carbocycles. The fraction of sp³-hybridized carbons (Fsp3) is 1.00. The van der Waals surface area contributed by atoms with E-state index in [-0.39, 0.29) is 0 Å². The molecule has 0 bridgehead atoms. The molecule has 0 radical (unpaired) electrons. The molecule has 0 aliphatic heterocycles. The van der Waals surface area contributed by atoms with E-state index >= 15 is 0 Å². The third-order valence-electron chi connectivity index (χ3n) is 3.99. The van der Waals surface area contributed by atoms with E-state index in [0.29, 0.717) is 10.8 Å². The van der Waals surface area contributed by atoms with Gasteiger partial charge in [-0.3, -0.25) is 0 Å². The van der Waals surface area contributed by atoms with Crippen molar-refractivity contribution < 1.29 is 0 Å². The molecule has 1 unspecified atom stereocenters. The summed E-state index contributed by atoms with van der Waals surface area (Å²) in [6, 6.07) is 0. The molecule has 0 nitrogen and oxygen atoms in total. The highest BCUT2D eigenvalue weighted by atomic mass is 79.9. The van der Waals surface area contributed by atoms with Gasteiger partial charge in [0.2, 0.25) is 0 Å². The van der Waals surface area contributed by atoms with E-state index in [0.717, 1.165) is 5.92 Å². The normalized spacial score (nSPS) is 23.8. The van der Waals surface area contributed by atoms with Gasteiger partial charge >= 0.3 is 0 Å². The molecule has 0 saturated heterocycles. The molecule has 78 valence electrons. The SMILES string of the molecule is CCC1(C(CBr)C(C)(C)C)CCC1. The van der Waals surface area contributed by atoms with E-state index in [2.05, 4.69) is 43.6 Å². The quantitative estimate of drug-likeness (QED) is 0.638. The number of hydrogen-bond donors (Lipinski definition) is 0. The zero-order valence-corrected chi connectivity index (χ0v) is 11.1. The van der Waals surface area contributed by atoms with Crippen LogP contribution in [-0.4, -0.2) is 5.33 Å². The third kappa shape index (κ3) is 2.11. The Morgan fingerprint density at radius 1 is 1.31 bits per heavy atom. The lowest BCUT2D eigenvalue weighted by Gasteiger charge is -2.52. The van der Waals surface area contributed by atoms with E-state index in [1.54, 1.807) is 0 Å². The Labute approximate surface area is 91.6 Å². The minimum absolute atomic E-state index is 0.458. The van der Waals surface area contributed by atoms with Gasteiger partial charge in [0, 0.05) is 5.33 Å². The maximum absolute atomic E-state index is 3.70. The topological polar surface area (TPSA) is 0 Å². The zero-order chi connectivity index (χ0) is 10.1. The molecular weight excluding hydrogens is 224 g/mol. The van der Waals surface area contributed by atoms with Gasteiger partial charge < -0.3 is 0 Å². The van der Waals surface area contributed by atoms with Crippen molar-refractivity contribution in [2.45, 2.75) is 53.4 Å². The Morgan fingerprint density at radius 3 is 1.92 bits per heavy atom. The van der Waals surface area contributed by atoms with Gasteiger partial charge in [-0.15, -0.1) is 0 Å². The summed E-state index contributed by atoms with van der Waals surface area (Å²) in [7, 11) is 0. The lowest BCUT2D eigenvalue weighted by molar-refractivity contribution is -0.00405. The van der Waals surface area contributed by atoms with Crippen LogP contribution in [0.4, 0.5) is 0 Å². The Balaban J connectivity index is 2.75. The first-order valence-electron chi connectivity index (χ1n) is 5.52. The zero-order valence-electron chi connectivity index (χ0n) is 9.49. The van der Waals surface area contributed by atoms with Crippen LogP contribution in [0.3, 0.4) is 0 Å². The van der Waals surface area contributed by atoms with Gasteiger partial charge in [-0.1, -0.05) is 56.5 Å². The van der Waals surface area contributed by atoms with Gasteiger partial charge in [-0.2, -0.15) is 0 Å². The molecule has 1 saturated carbocycles. The van der Waals surface area contributed by atoms with Crippen molar-refractivity contribution in [3.63, 3.8) is 0 Å². The van der Waals surface area contributed by atoms with E-state index < -0.39 is 0 Å². The Kier molecular flexibility index (Phi) is 3.49. The molecule has 0 aromatic rings. The summed E-state index contributed by atoms with van der Waals surface area (Å²) in [5.41, 5.74) is 1.13. The highest BCUT2D eigenvalue weighted by molar-refractivity contribution is 9.09. The van der Waals surface area contributed by atoms with Crippen LogP contribution < -0.4 is 0 Å². The van der Waals surface area contributed by atoms with Crippen molar-refractivity contribution in [2.24, 2.45) is 16.7 Å². The summed E-state index contributed by atoms with van der Waals surface area (Å²) in [6.45, 7) is 9.51. The third-order valence-corrected chi connectivity index (χ3v) is 4.64. The summed E-state index contributed by atoms with van der Waals surface area (Å²) in [4.78, 5) is 0. The maximum atomic E-state index is 3.70. The van der Waals surface area contributed by atoms with Crippen molar-refractivity contribution >= 4 is 15.9 Å². The molecule has 1 atom stereocenters. The predicted molar refractivity (Wildman–Crippen MR) is 63.3 cm³/mol. The van der Waals surface area contributed by atoms with Gasteiger partial charge in [0.05, 0.1) is 0 Å². The second kappa shape index (κ2) is 3.92. The van der Waals surface area contributed by atoms with Crippen LogP contribution in [-0.2, 0) is 0 Å². The Bertz CT molecular complexity index is 157. The van der Waals surface area contributed by atoms with E-state index in [9.17, 15) is 0 Å². The van der Waals surface area contributed by atoms with Crippen LogP contribution in [0.1, 0.15) is 53.4 Å². The van der Waals surface area contributed by atoms with Gasteiger partial charge in [0.1, 0.15) is 0 Å². The standard InChI is InChI=1S/C12H23Br/c1-5-12(7-6-8-12)10(9-13)11(2,3)4/h10H,5-9H2,1-4H3. The van der Waals surface area contributed by atoms with Gasteiger partial charge in [0.25, 0.3) is 0 Å². The van der Waals surface area contributed by atoms with Crippen molar-refractivity contribution in [2.75, 3.05) is 5.33 Å². The highest BCUT2D eigenvalue weighted by Gasteiger charge is 2.46. The molecule has 1 aliphatic rings. The first kappa shape index (κ1) is 11.6. The van der Waals surface area contributed by atoms with Crippen LogP contribution in [0.5, 0.6) is 0 Å². The Morgan fingerprint density at radius 2 is 1.85 bits per heavy atom. The first-order valence-corrected chi connectivity index (χ1v) is 6.64. The second-order valence-corrected chi connectivity index (χ2v) is 6.29. The lowest BCUT2D eigenvalue weighted by Crippen LogP contribution is -2.44. The summed E-state index contributed by atoms with van der Waals surface area (Å²) < 4.78 is 0. The largest absolute Gasteiger partial charge is 0.0925 e. The van der Waals surface area contributed by atoms with Crippen molar-refractivity contribution in [1.82, 2.24) is 0 Å². The molecule has 0 heterocycles. The predicted octanol–water partition coefficient (Wildman–Crippen LogP) is 4.62. The smallest absolute Gasteiger partial charge is 0.00699 e. The number of rotatable bonds is 3.